The highest BCUT2D eigenvalue weighted by Gasteiger charge is 2.23. The van der Waals surface area contributed by atoms with Crippen molar-refractivity contribution < 1.29 is 4.42 Å². The van der Waals surface area contributed by atoms with Gasteiger partial charge in [0, 0.05) is 5.92 Å². The molecule has 1 fully saturated rings. The SMILES string of the molecule is Cc1nc(C2CCN(Cc3ccc(Br)o3)CC2)n[nH]1. The van der Waals surface area contributed by atoms with Gasteiger partial charge in [-0.3, -0.25) is 10.00 Å². The van der Waals surface area contributed by atoms with Crippen molar-refractivity contribution in [3.63, 3.8) is 0 Å². The maximum Gasteiger partial charge on any atom is 0.169 e. The van der Waals surface area contributed by atoms with E-state index in [1.54, 1.807) is 0 Å². The van der Waals surface area contributed by atoms with E-state index in [0.717, 1.165) is 54.6 Å². The van der Waals surface area contributed by atoms with Crippen LogP contribution in [0.15, 0.2) is 21.2 Å². The summed E-state index contributed by atoms with van der Waals surface area (Å²) in [5.41, 5.74) is 0. The molecule has 0 amide bonds. The molecule has 0 aromatic carbocycles. The molecular formula is C13H17BrN4O. The molecule has 3 heterocycles. The van der Waals surface area contributed by atoms with E-state index in [1.807, 2.05) is 19.1 Å². The van der Waals surface area contributed by atoms with E-state index in [2.05, 4.69) is 36.0 Å². The van der Waals surface area contributed by atoms with Gasteiger partial charge in [-0.1, -0.05) is 0 Å². The molecule has 1 saturated heterocycles. The van der Waals surface area contributed by atoms with Crippen molar-refractivity contribution in [1.82, 2.24) is 20.1 Å². The van der Waals surface area contributed by atoms with Gasteiger partial charge in [-0.05, 0) is 60.9 Å². The number of likely N-dealkylation sites (tertiary alicyclic amines) is 1. The summed E-state index contributed by atoms with van der Waals surface area (Å²) in [5.74, 6) is 3.37. The first-order valence-electron chi connectivity index (χ1n) is 6.56. The Morgan fingerprint density at radius 2 is 2.21 bits per heavy atom. The Kier molecular flexibility index (Phi) is 3.70. The fourth-order valence-electron chi connectivity index (χ4n) is 2.55. The van der Waals surface area contributed by atoms with Gasteiger partial charge in [0.25, 0.3) is 0 Å². The van der Waals surface area contributed by atoms with Crippen LogP contribution in [-0.4, -0.2) is 33.2 Å². The van der Waals surface area contributed by atoms with Gasteiger partial charge in [-0.2, -0.15) is 5.10 Å². The number of aromatic nitrogens is 3. The Labute approximate surface area is 120 Å². The summed E-state index contributed by atoms with van der Waals surface area (Å²) in [5, 5.41) is 7.20. The third-order valence-electron chi connectivity index (χ3n) is 3.58. The number of nitrogens with one attached hydrogen (secondary N) is 1. The maximum absolute atomic E-state index is 5.55. The third kappa shape index (κ3) is 3.06. The van der Waals surface area contributed by atoms with Crippen LogP contribution in [0.4, 0.5) is 0 Å². The molecule has 102 valence electrons. The highest BCUT2D eigenvalue weighted by atomic mass is 79.9. The fourth-order valence-corrected chi connectivity index (χ4v) is 2.89. The summed E-state index contributed by atoms with van der Waals surface area (Å²) in [6.45, 7) is 4.96. The first kappa shape index (κ1) is 12.9. The molecule has 0 unspecified atom stereocenters. The number of halogens is 1. The number of hydrogen-bond acceptors (Lipinski definition) is 4. The number of furan rings is 1. The second-order valence-electron chi connectivity index (χ2n) is 5.04. The van der Waals surface area contributed by atoms with Crippen LogP contribution in [0, 0.1) is 6.92 Å². The van der Waals surface area contributed by atoms with Crippen molar-refractivity contribution in [2.75, 3.05) is 13.1 Å². The highest BCUT2D eigenvalue weighted by Crippen LogP contribution is 2.26. The number of aromatic amines is 1. The van der Waals surface area contributed by atoms with Gasteiger partial charge in [0.05, 0.1) is 6.54 Å². The van der Waals surface area contributed by atoms with Crippen molar-refractivity contribution in [2.45, 2.75) is 32.2 Å². The smallest absolute Gasteiger partial charge is 0.169 e. The van der Waals surface area contributed by atoms with Crippen LogP contribution in [0.2, 0.25) is 0 Å². The van der Waals surface area contributed by atoms with E-state index in [-0.39, 0.29) is 0 Å². The number of H-pyrrole nitrogens is 1. The quantitative estimate of drug-likeness (QED) is 0.943. The number of nitrogens with zero attached hydrogens (tertiary/aromatic N) is 3. The predicted molar refractivity (Wildman–Crippen MR) is 74.8 cm³/mol. The molecule has 6 heteroatoms. The molecule has 0 radical (unpaired) electrons. The van der Waals surface area contributed by atoms with Crippen LogP contribution >= 0.6 is 15.9 Å². The van der Waals surface area contributed by atoms with E-state index in [1.165, 1.54) is 0 Å². The maximum atomic E-state index is 5.55. The molecule has 0 atom stereocenters. The van der Waals surface area contributed by atoms with Crippen molar-refractivity contribution in [1.29, 1.82) is 0 Å². The first-order valence-corrected chi connectivity index (χ1v) is 7.35. The summed E-state index contributed by atoms with van der Waals surface area (Å²) >= 11 is 3.33. The van der Waals surface area contributed by atoms with Crippen molar-refractivity contribution in [3.05, 3.63) is 34.2 Å². The zero-order valence-electron chi connectivity index (χ0n) is 10.9. The van der Waals surface area contributed by atoms with Crippen molar-refractivity contribution >= 4 is 15.9 Å². The summed E-state index contributed by atoms with van der Waals surface area (Å²) in [4.78, 5) is 6.85. The van der Waals surface area contributed by atoms with E-state index in [0.29, 0.717) is 5.92 Å². The van der Waals surface area contributed by atoms with Crippen LogP contribution in [-0.2, 0) is 6.54 Å². The minimum Gasteiger partial charge on any atom is -0.453 e. The highest BCUT2D eigenvalue weighted by molar-refractivity contribution is 9.10. The average molecular weight is 325 g/mol. The molecule has 0 bridgehead atoms. The number of rotatable bonds is 3. The monoisotopic (exact) mass is 324 g/mol. The molecule has 1 N–H and O–H groups in total. The number of piperidine rings is 1. The fraction of sp³-hybridized carbons (Fsp3) is 0.538. The van der Waals surface area contributed by atoms with E-state index >= 15 is 0 Å². The van der Waals surface area contributed by atoms with Crippen LogP contribution in [0.5, 0.6) is 0 Å². The molecule has 0 spiro atoms. The Hall–Kier alpha value is -1.14. The van der Waals surface area contributed by atoms with Gasteiger partial charge < -0.3 is 4.42 Å². The van der Waals surface area contributed by atoms with Crippen molar-refractivity contribution in [2.24, 2.45) is 0 Å². The summed E-state index contributed by atoms with van der Waals surface area (Å²) in [7, 11) is 0. The second kappa shape index (κ2) is 5.46. The van der Waals surface area contributed by atoms with Crippen LogP contribution in [0.1, 0.15) is 36.2 Å². The lowest BCUT2D eigenvalue weighted by atomic mass is 9.96. The van der Waals surface area contributed by atoms with Gasteiger partial charge in [0.2, 0.25) is 0 Å². The van der Waals surface area contributed by atoms with Crippen LogP contribution in [0.25, 0.3) is 0 Å². The second-order valence-corrected chi connectivity index (χ2v) is 5.82. The Bertz CT molecular complexity index is 542. The molecule has 0 aliphatic carbocycles. The minimum atomic E-state index is 0.490. The molecule has 5 nitrogen and oxygen atoms in total. The molecule has 1 aliphatic rings. The van der Waals surface area contributed by atoms with Gasteiger partial charge in [0.1, 0.15) is 11.6 Å². The zero-order chi connectivity index (χ0) is 13.2. The van der Waals surface area contributed by atoms with Crippen LogP contribution in [0.3, 0.4) is 0 Å². The molecule has 3 rings (SSSR count). The van der Waals surface area contributed by atoms with Gasteiger partial charge >= 0.3 is 0 Å². The lowest BCUT2D eigenvalue weighted by molar-refractivity contribution is 0.187. The Morgan fingerprint density at radius 3 is 2.79 bits per heavy atom. The largest absolute Gasteiger partial charge is 0.453 e. The predicted octanol–water partition coefficient (Wildman–Crippen LogP) is 2.85. The lowest BCUT2D eigenvalue weighted by Crippen LogP contribution is -2.32. The van der Waals surface area contributed by atoms with E-state index < -0.39 is 0 Å². The number of aryl methyl sites for hydroxylation is 1. The molecular weight excluding hydrogens is 308 g/mol. The molecule has 2 aromatic rings. The molecule has 0 saturated carbocycles. The summed E-state index contributed by atoms with van der Waals surface area (Å²) < 4.78 is 6.35. The first-order chi connectivity index (χ1) is 9.20. The van der Waals surface area contributed by atoms with Gasteiger partial charge in [0.15, 0.2) is 10.5 Å². The third-order valence-corrected chi connectivity index (χ3v) is 4.00. The standard InChI is InChI=1S/C13H17BrN4O/c1-9-15-13(17-16-9)10-4-6-18(7-5-10)8-11-2-3-12(14)19-11/h2-3,10H,4-8H2,1H3,(H,15,16,17). The average Bonchev–Trinajstić information content (AvgIpc) is 3.00. The summed E-state index contributed by atoms with van der Waals surface area (Å²) in [6, 6.07) is 3.97. The van der Waals surface area contributed by atoms with Crippen LogP contribution < -0.4 is 0 Å². The number of hydrogen-bond donors (Lipinski definition) is 1. The molecule has 19 heavy (non-hydrogen) atoms. The topological polar surface area (TPSA) is 58.0 Å². The van der Waals surface area contributed by atoms with Crippen molar-refractivity contribution in [3.8, 4) is 0 Å². The normalized spacial score (nSPS) is 18.0. The van der Waals surface area contributed by atoms with Gasteiger partial charge in [-0.25, -0.2) is 4.98 Å². The minimum absolute atomic E-state index is 0.490. The molecule has 1 aliphatic heterocycles. The lowest BCUT2D eigenvalue weighted by Gasteiger charge is -2.29. The summed E-state index contributed by atoms with van der Waals surface area (Å²) in [6.07, 6.45) is 2.22. The van der Waals surface area contributed by atoms with E-state index in [9.17, 15) is 0 Å². The molecule has 2 aromatic heterocycles. The Balaban J connectivity index is 1.54. The Morgan fingerprint density at radius 1 is 1.42 bits per heavy atom. The van der Waals surface area contributed by atoms with E-state index in [4.69, 9.17) is 4.42 Å². The zero-order valence-corrected chi connectivity index (χ0v) is 12.5. The van der Waals surface area contributed by atoms with Gasteiger partial charge in [-0.15, -0.1) is 0 Å².